The lowest BCUT2D eigenvalue weighted by Gasteiger charge is -2.12. The molecule has 1 rings (SSSR count). The molecule has 1 aromatic rings. The Hall–Kier alpha value is -1.58. The predicted octanol–water partition coefficient (Wildman–Crippen LogP) is 2.19. The highest BCUT2D eigenvalue weighted by molar-refractivity contribution is 5.99. The number of aromatic amines is 1. The number of carboxylic acid groups (broad SMARTS) is 1. The van der Waals surface area contributed by atoms with Gasteiger partial charge in [0.2, 0.25) is 0 Å². The van der Waals surface area contributed by atoms with Crippen LogP contribution in [0.25, 0.3) is 0 Å². The molecule has 0 saturated carbocycles. The van der Waals surface area contributed by atoms with Gasteiger partial charge in [0.1, 0.15) is 5.69 Å². The molecule has 82 valence electrons. The lowest BCUT2D eigenvalue weighted by molar-refractivity contribution is 0.0691. The van der Waals surface area contributed by atoms with Crippen LogP contribution in [0.2, 0.25) is 0 Å². The fourth-order valence-corrected chi connectivity index (χ4v) is 1.23. The third-order valence-electron chi connectivity index (χ3n) is 2.61. The first-order chi connectivity index (χ1) is 6.93. The maximum atomic E-state index is 11.8. The number of H-pyrrole nitrogens is 1. The molecule has 0 aliphatic rings. The Kier molecular flexibility index (Phi) is 3.29. The second-order valence-electron chi connectivity index (χ2n) is 4.00. The zero-order valence-corrected chi connectivity index (χ0v) is 9.07. The van der Waals surface area contributed by atoms with Crippen LogP contribution in [-0.2, 0) is 0 Å². The smallest absolute Gasteiger partial charge is 0.352 e. The van der Waals surface area contributed by atoms with Crippen molar-refractivity contribution in [3.8, 4) is 0 Å². The summed E-state index contributed by atoms with van der Waals surface area (Å²) in [6, 6.07) is 1.38. The Balaban J connectivity index is 2.88. The summed E-state index contributed by atoms with van der Waals surface area (Å²) in [5.74, 6) is -0.914. The summed E-state index contributed by atoms with van der Waals surface area (Å²) in [4.78, 5) is 25.0. The van der Waals surface area contributed by atoms with Gasteiger partial charge in [-0.2, -0.15) is 0 Å². The Morgan fingerprint density at radius 3 is 2.33 bits per heavy atom. The highest BCUT2D eigenvalue weighted by Crippen LogP contribution is 2.17. The van der Waals surface area contributed by atoms with Gasteiger partial charge in [-0.3, -0.25) is 4.79 Å². The third kappa shape index (κ3) is 2.46. The number of aromatic carboxylic acids is 1. The first-order valence-corrected chi connectivity index (χ1v) is 4.89. The molecule has 0 aromatic carbocycles. The number of hydrogen-bond donors (Lipinski definition) is 2. The topological polar surface area (TPSA) is 70.2 Å². The molecule has 1 atom stereocenters. The van der Waals surface area contributed by atoms with Gasteiger partial charge >= 0.3 is 5.97 Å². The molecule has 0 bridgehead atoms. The second-order valence-corrected chi connectivity index (χ2v) is 4.00. The van der Waals surface area contributed by atoms with Crippen LogP contribution in [0.3, 0.4) is 0 Å². The molecule has 0 fully saturated rings. The molecule has 0 spiro atoms. The van der Waals surface area contributed by atoms with E-state index in [1.165, 1.54) is 12.3 Å². The fourth-order valence-electron chi connectivity index (χ4n) is 1.23. The van der Waals surface area contributed by atoms with Crippen molar-refractivity contribution in [3.05, 3.63) is 23.5 Å². The molecule has 1 aromatic heterocycles. The zero-order chi connectivity index (χ0) is 11.6. The standard InChI is InChI=1S/C11H15NO3/c1-6(2)7(3)10(13)8-4-9(11(14)15)12-5-8/h4-7,12H,1-3H3,(H,14,15). The van der Waals surface area contributed by atoms with Gasteiger partial charge in [0.25, 0.3) is 0 Å². The molecule has 2 N–H and O–H groups in total. The molecule has 15 heavy (non-hydrogen) atoms. The normalized spacial score (nSPS) is 12.8. The summed E-state index contributed by atoms with van der Waals surface area (Å²) in [7, 11) is 0. The van der Waals surface area contributed by atoms with Crippen molar-refractivity contribution in [1.82, 2.24) is 4.98 Å². The summed E-state index contributed by atoms with van der Waals surface area (Å²) in [6.07, 6.45) is 1.45. The van der Waals surface area contributed by atoms with E-state index < -0.39 is 5.97 Å². The van der Waals surface area contributed by atoms with Crippen LogP contribution in [0.15, 0.2) is 12.3 Å². The SMILES string of the molecule is CC(C)C(C)C(=O)c1c[nH]c(C(=O)O)c1. The average molecular weight is 209 g/mol. The van der Waals surface area contributed by atoms with Crippen LogP contribution in [0, 0.1) is 11.8 Å². The zero-order valence-electron chi connectivity index (χ0n) is 9.07. The van der Waals surface area contributed by atoms with Gasteiger partial charge in [-0.05, 0) is 12.0 Å². The van der Waals surface area contributed by atoms with Crippen molar-refractivity contribution in [2.24, 2.45) is 11.8 Å². The van der Waals surface area contributed by atoms with E-state index in [1.54, 1.807) is 0 Å². The van der Waals surface area contributed by atoms with E-state index in [0.717, 1.165) is 0 Å². The van der Waals surface area contributed by atoms with Gasteiger partial charge in [0, 0.05) is 17.7 Å². The minimum absolute atomic E-state index is 0.0197. The number of rotatable bonds is 4. The minimum Gasteiger partial charge on any atom is -0.477 e. The van der Waals surface area contributed by atoms with Gasteiger partial charge in [-0.1, -0.05) is 20.8 Å². The Bertz CT molecular complexity index is 379. The second kappa shape index (κ2) is 4.29. The van der Waals surface area contributed by atoms with E-state index in [4.69, 9.17) is 5.11 Å². The largest absolute Gasteiger partial charge is 0.477 e. The number of Topliss-reactive ketones (excluding diaryl/α,β-unsaturated/α-hetero) is 1. The van der Waals surface area contributed by atoms with Gasteiger partial charge in [-0.25, -0.2) is 4.79 Å². The summed E-state index contributed by atoms with van der Waals surface area (Å²) in [5, 5.41) is 8.69. The Labute approximate surface area is 88.3 Å². The summed E-state index contributed by atoms with van der Waals surface area (Å²) < 4.78 is 0. The molecule has 0 radical (unpaired) electrons. The van der Waals surface area contributed by atoms with Crippen LogP contribution in [0.5, 0.6) is 0 Å². The van der Waals surface area contributed by atoms with Gasteiger partial charge in [0.05, 0.1) is 0 Å². The molecule has 4 heteroatoms. The van der Waals surface area contributed by atoms with Gasteiger partial charge in [-0.15, -0.1) is 0 Å². The van der Waals surface area contributed by atoms with Gasteiger partial charge in [0.15, 0.2) is 5.78 Å². The molecule has 4 nitrogen and oxygen atoms in total. The first kappa shape index (κ1) is 11.5. The molecule has 0 saturated heterocycles. The minimum atomic E-state index is -1.05. The lowest BCUT2D eigenvalue weighted by atomic mass is 9.91. The van der Waals surface area contributed by atoms with Crippen molar-refractivity contribution in [2.75, 3.05) is 0 Å². The maximum absolute atomic E-state index is 11.8. The van der Waals surface area contributed by atoms with Crippen molar-refractivity contribution in [2.45, 2.75) is 20.8 Å². The summed E-state index contributed by atoms with van der Waals surface area (Å²) >= 11 is 0. The van der Waals surface area contributed by atoms with E-state index in [0.29, 0.717) is 5.56 Å². The molecule has 0 amide bonds. The third-order valence-corrected chi connectivity index (χ3v) is 2.61. The highest BCUT2D eigenvalue weighted by atomic mass is 16.4. The average Bonchev–Trinajstić information content (AvgIpc) is 2.64. The maximum Gasteiger partial charge on any atom is 0.352 e. The summed E-state index contributed by atoms with van der Waals surface area (Å²) in [5.41, 5.74) is 0.489. The molecular weight excluding hydrogens is 194 g/mol. The molecule has 0 aliphatic heterocycles. The molecule has 1 heterocycles. The number of carboxylic acids is 1. The van der Waals surface area contributed by atoms with E-state index in [2.05, 4.69) is 4.98 Å². The van der Waals surface area contributed by atoms with Crippen molar-refractivity contribution < 1.29 is 14.7 Å². The number of nitrogens with one attached hydrogen (secondary N) is 1. The van der Waals surface area contributed by atoms with Crippen molar-refractivity contribution in [3.63, 3.8) is 0 Å². The van der Waals surface area contributed by atoms with E-state index >= 15 is 0 Å². The highest BCUT2D eigenvalue weighted by Gasteiger charge is 2.20. The van der Waals surface area contributed by atoms with E-state index in [-0.39, 0.29) is 23.3 Å². The van der Waals surface area contributed by atoms with Crippen LogP contribution < -0.4 is 0 Å². The quantitative estimate of drug-likeness (QED) is 0.747. The predicted molar refractivity (Wildman–Crippen MR) is 56.1 cm³/mol. The Morgan fingerprint density at radius 2 is 1.93 bits per heavy atom. The monoisotopic (exact) mass is 209 g/mol. The van der Waals surface area contributed by atoms with Gasteiger partial charge < -0.3 is 10.1 Å². The first-order valence-electron chi connectivity index (χ1n) is 4.89. The Morgan fingerprint density at radius 1 is 1.33 bits per heavy atom. The molecule has 1 unspecified atom stereocenters. The molecule has 0 aliphatic carbocycles. The number of carbonyl (C=O) groups excluding carboxylic acids is 1. The lowest BCUT2D eigenvalue weighted by Crippen LogP contribution is -2.16. The van der Waals surface area contributed by atoms with E-state index in [1.807, 2.05) is 20.8 Å². The number of hydrogen-bond acceptors (Lipinski definition) is 2. The fraction of sp³-hybridized carbons (Fsp3) is 0.455. The number of carbonyl (C=O) groups is 2. The summed E-state index contributed by atoms with van der Waals surface area (Å²) in [6.45, 7) is 5.78. The van der Waals surface area contributed by atoms with E-state index in [9.17, 15) is 9.59 Å². The van der Waals surface area contributed by atoms with Crippen LogP contribution in [-0.4, -0.2) is 21.8 Å². The number of ketones is 1. The number of aromatic nitrogens is 1. The van der Waals surface area contributed by atoms with Crippen LogP contribution >= 0.6 is 0 Å². The van der Waals surface area contributed by atoms with Crippen molar-refractivity contribution in [1.29, 1.82) is 0 Å². The molecular formula is C11H15NO3. The van der Waals surface area contributed by atoms with Crippen LogP contribution in [0.4, 0.5) is 0 Å². The van der Waals surface area contributed by atoms with Crippen molar-refractivity contribution >= 4 is 11.8 Å². The van der Waals surface area contributed by atoms with Crippen LogP contribution in [0.1, 0.15) is 41.6 Å².